The fourth-order valence-electron chi connectivity index (χ4n) is 2.34. The molecule has 1 heterocycles. The van der Waals surface area contributed by atoms with Gasteiger partial charge < -0.3 is 0 Å². The lowest BCUT2D eigenvalue weighted by Gasteiger charge is -2.01. The number of alkyl halides is 1. The normalized spacial score (nSPS) is 10.8. The molecule has 0 N–H and O–H groups in total. The van der Waals surface area contributed by atoms with Crippen molar-refractivity contribution < 1.29 is 0 Å². The first-order valence-corrected chi connectivity index (χ1v) is 8.94. The lowest BCUT2D eigenvalue weighted by Crippen LogP contribution is -1.79. The Hall–Kier alpha value is -1.38. The second-order valence-corrected chi connectivity index (χ2v) is 6.94. The Morgan fingerprint density at radius 2 is 1.33 bits per heavy atom. The molecule has 0 bridgehead atoms. The second kappa shape index (κ2) is 6.17. The van der Waals surface area contributed by atoms with Gasteiger partial charge in [-0.15, -0.1) is 11.3 Å². The summed E-state index contributed by atoms with van der Waals surface area (Å²) in [5.41, 5.74) is 6.56. The van der Waals surface area contributed by atoms with Gasteiger partial charge in [0.2, 0.25) is 0 Å². The van der Waals surface area contributed by atoms with Gasteiger partial charge in [0.1, 0.15) is 0 Å². The Labute approximate surface area is 138 Å². The number of hydrogen-bond donors (Lipinski definition) is 0. The molecule has 0 nitrogen and oxygen atoms in total. The van der Waals surface area contributed by atoms with Crippen LogP contribution < -0.4 is 0 Å². The molecule has 3 rings (SSSR count). The van der Waals surface area contributed by atoms with Gasteiger partial charge in [0.25, 0.3) is 0 Å². The van der Waals surface area contributed by atoms with E-state index in [4.69, 9.17) is 0 Å². The van der Waals surface area contributed by atoms with Gasteiger partial charge in [-0.1, -0.05) is 75.6 Å². The SMILES string of the molecule is Cc1ccc(-c2cc(CBr)c(-c3ccc(C)cc3)s2)cc1. The van der Waals surface area contributed by atoms with Crippen molar-refractivity contribution in [1.82, 2.24) is 0 Å². The van der Waals surface area contributed by atoms with E-state index in [2.05, 4.69) is 84.4 Å². The van der Waals surface area contributed by atoms with Crippen LogP contribution in [0.2, 0.25) is 0 Å². The predicted octanol–water partition coefficient (Wildman–Crippen LogP) is 6.59. The summed E-state index contributed by atoms with van der Waals surface area (Å²) in [6, 6.07) is 19.9. The van der Waals surface area contributed by atoms with Crippen molar-refractivity contribution in [2.45, 2.75) is 19.2 Å². The van der Waals surface area contributed by atoms with Crippen molar-refractivity contribution in [1.29, 1.82) is 0 Å². The van der Waals surface area contributed by atoms with E-state index in [1.165, 1.54) is 37.6 Å². The highest BCUT2D eigenvalue weighted by molar-refractivity contribution is 9.08. The lowest BCUT2D eigenvalue weighted by molar-refractivity contribution is 1.45. The average Bonchev–Trinajstić information content (AvgIpc) is 2.93. The summed E-state index contributed by atoms with van der Waals surface area (Å²) in [5.74, 6) is 0. The van der Waals surface area contributed by atoms with E-state index in [9.17, 15) is 0 Å². The Kier molecular flexibility index (Phi) is 4.27. The van der Waals surface area contributed by atoms with Crippen LogP contribution in [0.5, 0.6) is 0 Å². The molecule has 1 aromatic heterocycles. The molecule has 0 atom stereocenters. The van der Waals surface area contributed by atoms with Crippen molar-refractivity contribution in [3.63, 3.8) is 0 Å². The summed E-state index contributed by atoms with van der Waals surface area (Å²) < 4.78 is 0. The fraction of sp³-hybridized carbons (Fsp3) is 0.158. The molecule has 0 radical (unpaired) electrons. The Morgan fingerprint density at radius 1 is 0.810 bits per heavy atom. The molecule has 2 aromatic carbocycles. The Balaban J connectivity index is 2.05. The van der Waals surface area contributed by atoms with E-state index in [1.807, 2.05) is 11.3 Å². The maximum Gasteiger partial charge on any atom is 0.0389 e. The van der Waals surface area contributed by atoms with E-state index >= 15 is 0 Å². The van der Waals surface area contributed by atoms with E-state index in [0.29, 0.717) is 0 Å². The monoisotopic (exact) mass is 356 g/mol. The third-order valence-electron chi connectivity index (χ3n) is 3.60. The summed E-state index contributed by atoms with van der Waals surface area (Å²) in [5, 5.41) is 0.887. The molecule has 0 aliphatic carbocycles. The molecule has 0 amide bonds. The topological polar surface area (TPSA) is 0 Å². The smallest absolute Gasteiger partial charge is 0.0389 e. The van der Waals surface area contributed by atoms with Crippen molar-refractivity contribution >= 4 is 27.3 Å². The van der Waals surface area contributed by atoms with Crippen molar-refractivity contribution in [2.24, 2.45) is 0 Å². The maximum atomic E-state index is 3.62. The van der Waals surface area contributed by atoms with Crippen LogP contribution in [0.3, 0.4) is 0 Å². The van der Waals surface area contributed by atoms with Crippen LogP contribution in [0.15, 0.2) is 54.6 Å². The summed E-state index contributed by atoms with van der Waals surface area (Å²) >= 11 is 5.50. The average molecular weight is 357 g/mol. The highest BCUT2D eigenvalue weighted by Crippen LogP contribution is 2.39. The van der Waals surface area contributed by atoms with Gasteiger partial charge in [0.05, 0.1) is 0 Å². The molecule has 0 saturated carbocycles. The zero-order chi connectivity index (χ0) is 14.8. The van der Waals surface area contributed by atoms with Gasteiger partial charge in [-0.3, -0.25) is 0 Å². The summed E-state index contributed by atoms with van der Waals surface area (Å²) in [7, 11) is 0. The van der Waals surface area contributed by atoms with Crippen molar-refractivity contribution in [3.05, 3.63) is 71.3 Å². The molecule has 0 unspecified atom stereocenters. The highest BCUT2D eigenvalue weighted by Gasteiger charge is 2.11. The molecule has 0 aliphatic heterocycles. The van der Waals surface area contributed by atoms with Gasteiger partial charge in [-0.2, -0.15) is 0 Å². The molecule has 0 spiro atoms. The van der Waals surface area contributed by atoms with Crippen molar-refractivity contribution in [3.8, 4) is 20.9 Å². The first-order valence-electron chi connectivity index (χ1n) is 7.00. The zero-order valence-electron chi connectivity index (χ0n) is 12.2. The maximum absolute atomic E-state index is 3.62. The van der Waals surface area contributed by atoms with E-state index in [0.717, 1.165) is 5.33 Å². The largest absolute Gasteiger partial charge is 0.135 e. The number of halogens is 1. The fourth-order valence-corrected chi connectivity index (χ4v) is 4.16. The molecule has 21 heavy (non-hydrogen) atoms. The second-order valence-electron chi connectivity index (χ2n) is 5.33. The lowest BCUT2D eigenvalue weighted by atomic mass is 10.1. The van der Waals surface area contributed by atoms with Gasteiger partial charge >= 0.3 is 0 Å². The first-order chi connectivity index (χ1) is 10.2. The summed E-state index contributed by atoms with van der Waals surface area (Å²) in [6.45, 7) is 4.25. The van der Waals surface area contributed by atoms with Crippen LogP contribution >= 0.6 is 27.3 Å². The number of benzene rings is 2. The van der Waals surface area contributed by atoms with Gasteiger partial charge in [0, 0.05) is 15.1 Å². The zero-order valence-corrected chi connectivity index (χ0v) is 14.6. The number of aryl methyl sites for hydroxylation is 2. The molecule has 106 valence electrons. The minimum absolute atomic E-state index is 0.887. The highest BCUT2D eigenvalue weighted by atomic mass is 79.9. The van der Waals surface area contributed by atoms with Crippen LogP contribution in [0, 0.1) is 13.8 Å². The summed E-state index contributed by atoms with van der Waals surface area (Å²) in [6.07, 6.45) is 0. The van der Waals surface area contributed by atoms with E-state index < -0.39 is 0 Å². The van der Waals surface area contributed by atoms with Gasteiger partial charge in [0.15, 0.2) is 0 Å². The van der Waals surface area contributed by atoms with Crippen LogP contribution in [0.25, 0.3) is 20.9 Å². The van der Waals surface area contributed by atoms with Crippen molar-refractivity contribution in [2.75, 3.05) is 0 Å². The molecule has 3 aromatic rings. The Morgan fingerprint density at radius 3 is 1.86 bits per heavy atom. The van der Waals surface area contributed by atoms with Crippen LogP contribution in [0.4, 0.5) is 0 Å². The quantitative estimate of drug-likeness (QED) is 0.464. The standard InChI is InChI=1S/C19H17BrS/c1-13-3-7-15(8-4-13)18-11-17(12-20)19(21-18)16-9-5-14(2)6-10-16/h3-11H,12H2,1-2H3. The van der Waals surface area contributed by atoms with Crippen LogP contribution in [-0.4, -0.2) is 0 Å². The van der Waals surface area contributed by atoms with E-state index in [1.54, 1.807) is 0 Å². The van der Waals surface area contributed by atoms with Crippen LogP contribution in [0.1, 0.15) is 16.7 Å². The predicted molar refractivity (Wildman–Crippen MR) is 97.3 cm³/mol. The molecular weight excluding hydrogens is 340 g/mol. The molecule has 0 fully saturated rings. The molecule has 0 saturated heterocycles. The van der Waals surface area contributed by atoms with Gasteiger partial charge in [-0.05, 0) is 36.6 Å². The van der Waals surface area contributed by atoms with Gasteiger partial charge in [-0.25, -0.2) is 0 Å². The Bertz CT molecular complexity index is 736. The number of rotatable bonds is 3. The van der Waals surface area contributed by atoms with E-state index in [-0.39, 0.29) is 0 Å². The molecule has 2 heteroatoms. The minimum atomic E-state index is 0.887. The molecular formula is C19H17BrS. The number of thiophene rings is 1. The third kappa shape index (κ3) is 3.12. The first kappa shape index (κ1) is 14.6. The third-order valence-corrected chi connectivity index (χ3v) is 5.48. The van der Waals surface area contributed by atoms with Crippen LogP contribution in [-0.2, 0) is 5.33 Å². The number of hydrogen-bond acceptors (Lipinski definition) is 1. The molecule has 0 aliphatic rings. The minimum Gasteiger partial charge on any atom is -0.135 e. The summed E-state index contributed by atoms with van der Waals surface area (Å²) in [4.78, 5) is 2.70.